The first-order chi connectivity index (χ1) is 5.81. The SMILES string of the molecule is C[C@H]1CC2(CCCCC2)CCN1. The van der Waals surface area contributed by atoms with Gasteiger partial charge in [-0.1, -0.05) is 19.3 Å². The molecule has 2 fully saturated rings. The molecule has 0 bridgehead atoms. The van der Waals surface area contributed by atoms with Crippen LogP contribution in [0.2, 0.25) is 0 Å². The largest absolute Gasteiger partial charge is 0.314 e. The molecule has 1 spiro atoms. The standard InChI is InChI=1S/C11H21N/c1-10-9-11(7-8-12-10)5-3-2-4-6-11/h10,12H,2-9H2,1H3/t10-/m0/s1. The molecular weight excluding hydrogens is 146 g/mol. The van der Waals surface area contributed by atoms with Gasteiger partial charge in [0.15, 0.2) is 0 Å². The molecule has 1 heterocycles. The molecule has 1 aliphatic carbocycles. The summed E-state index contributed by atoms with van der Waals surface area (Å²) in [6.45, 7) is 3.61. The Bertz CT molecular complexity index is 142. The molecule has 0 unspecified atom stereocenters. The molecule has 1 N–H and O–H groups in total. The highest BCUT2D eigenvalue weighted by molar-refractivity contribution is 4.90. The average Bonchev–Trinajstić information content (AvgIpc) is 2.05. The van der Waals surface area contributed by atoms with E-state index in [1.165, 1.54) is 51.5 Å². The minimum absolute atomic E-state index is 0.767. The highest BCUT2D eigenvalue weighted by Crippen LogP contribution is 2.44. The summed E-state index contributed by atoms with van der Waals surface area (Å²) in [5.41, 5.74) is 0.767. The maximum atomic E-state index is 3.55. The molecule has 1 saturated carbocycles. The molecular formula is C11H21N. The summed E-state index contributed by atoms with van der Waals surface area (Å²) in [7, 11) is 0. The van der Waals surface area contributed by atoms with Gasteiger partial charge in [-0.2, -0.15) is 0 Å². The van der Waals surface area contributed by atoms with Gasteiger partial charge in [-0.25, -0.2) is 0 Å². The molecule has 1 aliphatic heterocycles. The topological polar surface area (TPSA) is 12.0 Å². The van der Waals surface area contributed by atoms with Gasteiger partial charge < -0.3 is 5.32 Å². The van der Waals surface area contributed by atoms with E-state index >= 15 is 0 Å². The van der Waals surface area contributed by atoms with Crippen molar-refractivity contribution in [2.75, 3.05) is 6.54 Å². The van der Waals surface area contributed by atoms with Gasteiger partial charge >= 0.3 is 0 Å². The minimum Gasteiger partial charge on any atom is -0.314 e. The molecule has 0 aromatic heterocycles. The first-order valence-electron chi connectivity index (χ1n) is 5.54. The van der Waals surface area contributed by atoms with Crippen molar-refractivity contribution in [3.8, 4) is 0 Å². The first-order valence-corrected chi connectivity index (χ1v) is 5.54. The van der Waals surface area contributed by atoms with Crippen molar-refractivity contribution in [3.05, 3.63) is 0 Å². The third-order valence-corrected chi connectivity index (χ3v) is 3.80. The molecule has 0 aromatic rings. The minimum atomic E-state index is 0.767. The van der Waals surface area contributed by atoms with Crippen LogP contribution in [0.3, 0.4) is 0 Å². The molecule has 0 radical (unpaired) electrons. The van der Waals surface area contributed by atoms with Gasteiger partial charge in [0.1, 0.15) is 0 Å². The predicted octanol–water partition coefficient (Wildman–Crippen LogP) is 2.71. The van der Waals surface area contributed by atoms with Crippen LogP contribution in [0.5, 0.6) is 0 Å². The normalized spacial score (nSPS) is 35.2. The summed E-state index contributed by atoms with van der Waals surface area (Å²) in [6.07, 6.45) is 10.4. The van der Waals surface area contributed by atoms with E-state index in [1.807, 2.05) is 0 Å². The van der Waals surface area contributed by atoms with Gasteiger partial charge in [0.2, 0.25) is 0 Å². The van der Waals surface area contributed by atoms with Crippen LogP contribution in [0.4, 0.5) is 0 Å². The number of piperidine rings is 1. The van der Waals surface area contributed by atoms with Crippen molar-refractivity contribution in [2.45, 2.75) is 57.9 Å². The molecule has 12 heavy (non-hydrogen) atoms. The molecule has 1 saturated heterocycles. The lowest BCUT2D eigenvalue weighted by molar-refractivity contribution is 0.111. The second kappa shape index (κ2) is 3.37. The van der Waals surface area contributed by atoms with E-state index < -0.39 is 0 Å². The average molecular weight is 167 g/mol. The fraction of sp³-hybridized carbons (Fsp3) is 1.00. The van der Waals surface area contributed by atoms with E-state index in [1.54, 1.807) is 0 Å². The fourth-order valence-electron chi connectivity index (χ4n) is 3.16. The molecule has 1 nitrogen and oxygen atoms in total. The van der Waals surface area contributed by atoms with Gasteiger partial charge in [0.05, 0.1) is 0 Å². The van der Waals surface area contributed by atoms with E-state index in [9.17, 15) is 0 Å². The smallest absolute Gasteiger partial charge is 0.00440 e. The van der Waals surface area contributed by atoms with Gasteiger partial charge in [0.25, 0.3) is 0 Å². The number of hydrogen-bond donors (Lipinski definition) is 1. The monoisotopic (exact) mass is 167 g/mol. The first kappa shape index (κ1) is 8.55. The van der Waals surface area contributed by atoms with Crippen molar-refractivity contribution in [1.29, 1.82) is 0 Å². The maximum Gasteiger partial charge on any atom is 0.00440 e. The number of nitrogens with one attached hydrogen (secondary N) is 1. The maximum absolute atomic E-state index is 3.55. The van der Waals surface area contributed by atoms with Crippen LogP contribution in [0.1, 0.15) is 51.9 Å². The summed E-state index contributed by atoms with van der Waals surface area (Å²) in [5.74, 6) is 0. The van der Waals surface area contributed by atoms with Crippen molar-refractivity contribution in [1.82, 2.24) is 5.32 Å². The second-order valence-electron chi connectivity index (χ2n) is 4.87. The molecule has 0 aromatic carbocycles. The zero-order valence-electron chi connectivity index (χ0n) is 8.23. The third kappa shape index (κ3) is 1.66. The summed E-state index contributed by atoms with van der Waals surface area (Å²) in [4.78, 5) is 0. The Morgan fingerprint density at radius 2 is 1.83 bits per heavy atom. The van der Waals surface area contributed by atoms with Crippen LogP contribution in [-0.2, 0) is 0 Å². The Morgan fingerprint density at radius 1 is 1.08 bits per heavy atom. The third-order valence-electron chi connectivity index (χ3n) is 3.80. The highest BCUT2D eigenvalue weighted by atomic mass is 14.9. The summed E-state index contributed by atoms with van der Waals surface area (Å²) >= 11 is 0. The van der Waals surface area contributed by atoms with Gasteiger partial charge in [-0.15, -0.1) is 0 Å². The van der Waals surface area contributed by atoms with Crippen molar-refractivity contribution < 1.29 is 0 Å². The predicted molar refractivity (Wildman–Crippen MR) is 52.2 cm³/mol. The van der Waals surface area contributed by atoms with Crippen molar-refractivity contribution in [2.24, 2.45) is 5.41 Å². The van der Waals surface area contributed by atoms with E-state index in [2.05, 4.69) is 12.2 Å². The Kier molecular flexibility index (Phi) is 2.40. The molecule has 1 heteroatoms. The molecule has 2 aliphatic rings. The number of hydrogen-bond acceptors (Lipinski definition) is 1. The molecule has 70 valence electrons. The Labute approximate surface area is 75.9 Å². The van der Waals surface area contributed by atoms with E-state index in [4.69, 9.17) is 0 Å². The quantitative estimate of drug-likeness (QED) is 0.585. The van der Waals surface area contributed by atoms with Crippen LogP contribution >= 0.6 is 0 Å². The lowest BCUT2D eigenvalue weighted by Crippen LogP contribution is -2.43. The highest BCUT2D eigenvalue weighted by Gasteiger charge is 2.35. The van der Waals surface area contributed by atoms with E-state index in [0.29, 0.717) is 0 Å². The lowest BCUT2D eigenvalue weighted by Gasteiger charge is -2.43. The Morgan fingerprint density at radius 3 is 2.50 bits per heavy atom. The summed E-state index contributed by atoms with van der Waals surface area (Å²) < 4.78 is 0. The van der Waals surface area contributed by atoms with Crippen molar-refractivity contribution in [3.63, 3.8) is 0 Å². The molecule has 2 rings (SSSR count). The second-order valence-corrected chi connectivity index (χ2v) is 4.87. The van der Waals surface area contributed by atoms with E-state index in [0.717, 1.165) is 11.5 Å². The van der Waals surface area contributed by atoms with Crippen LogP contribution < -0.4 is 5.32 Å². The zero-order chi connectivity index (χ0) is 8.44. The molecule has 1 atom stereocenters. The van der Waals surface area contributed by atoms with Gasteiger partial charge in [-0.3, -0.25) is 0 Å². The lowest BCUT2D eigenvalue weighted by atomic mass is 9.67. The van der Waals surface area contributed by atoms with Crippen LogP contribution in [0.25, 0.3) is 0 Å². The van der Waals surface area contributed by atoms with Gasteiger partial charge in [0, 0.05) is 6.04 Å². The van der Waals surface area contributed by atoms with E-state index in [-0.39, 0.29) is 0 Å². The van der Waals surface area contributed by atoms with Gasteiger partial charge in [-0.05, 0) is 44.6 Å². The Hall–Kier alpha value is -0.0400. The Balaban J connectivity index is 1.97. The molecule has 0 amide bonds. The van der Waals surface area contributed by atoms with Crippen LogP contribution in [-0.4, -0.2) is 12.6 Å². The number of rotatable bonds is 0. The zero-order valence-corrected chi connectivity index (χ0v) is 8.23. The van der Waals surface area contributed by atoms with Crippen molar-refractivity contribution >= 4 is 0 Å². The fourth-order valence-corrected chi connectivity index (χ4v) is 3.16. The van der Waals surface area contributed by atoms with Crippen LogP contribution in [0, 0.1) is 5.41 Å². The summed E-state index contributed by atoms with van der Waals surface area (Å²) in [6, 6.07) is 0.775. The van der Waals surface area contributed by atoms with Crippen LogP contribution in [0.15, 0.2) is 0 Å². The summed E-state index contributed by atoms with van der Waals surface area (Å²) in [5, 5.41) is 3.55.